The minimum atomic E-state index is -0.518. The van der Waals surface area contributed by atoms with Crippen molar-refractivity contribution in [2.24, 2.45) is 0 Å². The molecular weight excluding hydrogens is 434 g/mol. The van der Waals surface area contributed by atoms with E-state index in [1.807, 2.05) is 62.2 Å². The molecule has 180 valence electrons. The molecule has 1 aliphatic rings. The molecule has 0 saturated carbocycles. The number of nitrogens with zero attached hydrogens (tertiary/aromatic N) is 3. The van der Waals surface area contributed by atoms with Crippen LogP contribution in [0.15, 0.2) is 42.7 Å². The molecule has 0 aliphatic carbocycles. The summed E-state index contributed by atoms with van der Waals surface area (Å²) in [5.41, 5.74) is 2.81. The third kappa shape index (κ3) is 5.66. The van der Waals surface area contributed by atoms with E-state index in [1.54, 1.807) is 18.2 Å². The highest BCUT2D eigenvalue weighted by Crippen LogP contribution is 2.33. The predicted octanol–water partition coefficient (Wildman–Crippen LogP) is 3.73. The minimum absolute atomic E-state index is 0.115. The summed E-state index contributed by atoms with van der Waals surface area (Å²) < 4.78 is 11.0. The molecule has 2 aromatic heterocycles. The van der Waals surface area contributed by atoms with Gasteiger partial charge in [0.2, 0.25) is 5.91 Å². The number of rotatable bonds is 5. The lowest BCUT2D eigenvalue weighted by atomic mass is 10.0. The van der Waals surface area contributed by atoms with Crippen molar-refractivity contribution in [3.05, 3.63) is 42.7 Å². The Morgan fingerprint density at radius 1 is 1.12 bits per heavy atom. The van der Waals surface area contributed by atoms with Gasteiger partial charge in [0, 0.05) is 66.8 Å². The number of carbonyl (C=O) groups is 2. The highest BCUT2D eigenvalue weighted by Gasteiger charge is 2.26. The first-order valence-electron chi connectivity index (χ1n) is 11.3. The lowest BCUT2D eigenvalue weighted by molar-refractivity contribution is -0.117. The summed E-state index contributed by atoms with van der Waals surface area (Å²) >= 11 is 0. The van der Waals surface area contributed by atoms with Crippen LogP contribution in [0.2, 0.25) is 0 Å². The van der Waals surface area contributed by atoms with Crippen LogP contribution >= 0.6 is 0 Å². The first-order valence-corrected chi connectivity index (χ1v) is 11.3. The van der Waals surface area contributed by atoms with E-state index in [2.05, 4.69) is 15.3 Å². The molecule has 2 amide bonds. The monoisotopic (exact) mass is 465 g/mol. The number of anilines is 1. The number of aromatic amines is 1. The Morgan fingerprint density at radius 2 is 1.88 bits per heavy atom. The lowest BCUT2D eigenvalue weighted by Crippen LogP contribution is -2.51. The molecule has 1 fully saturated rings. The van der Waals surface area contributed by atoms with Crippen molar-refractivity contribution in [1.82, 2.24) is 19.8 Å². The molecule has 1 saturated heterocycles. The first kappa shape index (κ1) is 23.6. The molecule has 34 heavy (non-hydrogen) atoms. The molecular formula is C25H31N5O4. The van der Waals surface area contributed by atoms with Gasteiger partial charge < -0.3 is 24.7 Å². The molecule has 9 nitrogen and oxygen atoms in total. The maximum absolute atomic E-state index is 12.6. The van der Waals surface area contributed by atoms with Crippen LogP contribution in [-0.2, 0) is 9.53 Å². The zero-order chi connectivity index (χ0) is 24.3. The second-order valence-corrected chi connectivity index (χ2v) is 9.35. The number of ether oxygens (including phenoxy) is 2. The minimum Gasteiger partial charge on any atom is -0.496 e. The largest absolute Gasteiger partial charge is 0.496 e. The Hall–Kier alpha value is -3.59. The smallest absolute Gasteiger partial charge is 0.410 e. The van der Waals surface area contributed by atoms with E-state index in [1.165, 1.54) is 0 Å². The number of carbonyl (C=O) groups excluding carboxylic acids is 2. The van der Waals surface area contributed by atoms with Crippen molar-refractivity contribution in [1.29, 1.82) is 0 Å². The molecule has 1 aromatic carbocycles. The average Bonchev–Trinajstić information content (AvgIpc) is 3.26. The Balaban J connectivity index is 1.34. The van der Waals surface area contributed by atoms with Crippen molar-refractivity contribution in [3.63, 3.8) is 0 Å². The zero-order valence-corrected chi connectivity index (χ0v) is 20.1. The van der Waals surface area contributed by atoms with Gasteiger partial charge in [-0.3, -0.25) is 9.69 Å². The maximum atomic E-state index is 12.6. The maximum Gasteiger partial charge on any atom is 0.410 e. The quantitative estimate of drug-likeness (QED) is 0.596. The highest BCUT2D eigenvalue weighted by molar-refractivity contribution is 5.93. The number of aromatic nitrogens is 2. The molecule has 1 aliphatic heterocycles. The molecule has 0 atom stereocenters. The Morgan fingerprint density at radius 3 is 2.59 bits per heavy atom. The van der Waals surface area contributed by atoms with E-state index < -0.39 is 5.60 Å². The first-order chi connectivity index (χ1) is 16.2. The van der Waals surface area contributed by atoms with Crippen LogP contribution in [0.3, 0.4) is 0 Å². The van der Waals surface area contributed by atoms with Crippen molar-refractivity contribution in [2.75, 3.05) is 45.2 Å². The van der Waals surface area contributed by atoms with Gasteiger partial charge in [-0.1, -0.05) is 0 Å². The number of pyridine rings is 1. The van der Waals surface area contributed by atoms with Gasteiger partial charge in [-0.2, -0.15) is 0 Å². The fraction of sp³-hybridized carbons (Fsp3) is 0.400. The Bertz CT molecular complexity index is 1180. The van der Waals surface area contributed by atoms with Crippen molar-refractivity contribution in [2.45, 2.75) is 26.4 Å². The van der Waals surface area contributed by atoms with E-state index in [-0.39, 0.29) is 18.5 Å². The molecule has 3 heterocycles. The van der Waals surface area contributed by atoms with Gasteiger partial charge in [0.1, 0.15) is 17.0 Å². The SMILES string of the molecule is COc1cc(NC(=O)CN2CCN(C(=O)OC(C)(C)C)CC2)ccc1-c1cnc2[nH]ccc2c1. The van der Waals surface area contributed by atoms with Gasteiger partial charge in [0.15, 0.2) is 0 Å². The summed E-state index contributed by atoms with van der Waals surface area (Å²) in [7, 11) is 1.61. The second kappa shape index (κ2) is 9.72. The van der Waals surface area contributed by atoms with Crippen molar-refractivity contribution < 1.29 is 19.1 Å². The van der Waals surface area contributed by atoms with Crippen LogP contribution in [0.25, 0.3) is 22.2 Å². The summed E-state index contributed by atoms with van der Waals surface area (Å²) in [6.07, 6.45) is 3.34. The normalized spacial score (nSPS) is 14.8. The molecule has 0 radical (unpaired) electrons. The van der Waals surface area contributed by atoms with Crippen LogP contribution in [-0.4, -0.2) is 77.2 Å². The number of hydrogen-bond donors (Lipinski definition) is 2. The number of nitrogens with one attached hydrogen (secondary N) is 2. The average molecular weight is 466 g/mol. The highest BCUT2D eigenvalue weighted by atomic mass is 16.6. The topological polar surface area (TPSA) is 99.8 Å². The van der Waals surface area contributed by atoms with Crippen molar-refractivity contribution >= 4 is 28.7 Å². The third-order valence-electron chi connectivity index (χ3n) is 5.59. The van der Waals surface area contributed by atoms with E-state index in [0.717, 1.165) is 22.2 Å². The number of hydrogen-bond acceptors (Lipinski definition) is 6. The van der Waals surface area contributed by atoms with Gasteiger partial charge in [-0.25, -0.2) is 9.78 Å². The van der Waals surface area contributed by atoms with E-state index >= 15 is 0 Å². The molecule has 0 bridgehead atoms. The fourth-order valence-electron chi connectivity index (χ4n) is 3.91. The Labute approximate surface area is 199 Å². The summed E-state index contributed by atoms with van der Waals surface area (Å²) in [5.74, 6) is 0.538. The van der Waals surface area contributed by atoms with E-state index in [9.17, 15) is 9.59 Å². The van der Waals surface area contributed by atoms with Crippen LogP contribution in [0.1, 0.15) is 20.8 Å². The standard InChI is InChI=1S/C25H31N5O4/c1-25(2,3)34-24(32)30-11-9-29(10-12-30)16-22(31)28-19-5-6-20(21(14-19)33-4)18-13-17-7-8-26-23(17)27-15-18/h5-8,13-15H,9-12,16H2,1-4H3,(H,26,27)(H,28,31). The zero-order valence-electron chi connectivity index (χ0n) is 20.1. The third-order valence-corrected chi connectivity index (χ3v) is 5.59. The molecule has 0 unspecified atom stereocenters. The van der Waals surface area contributed by atoms with Gasteiger partial charge in [0.25, 0.3) is 0 Å². The number of piperazine rings is 1. The van der Waals surface area contributed by atoms with Crippen molar-refractivity contribution in [3.8, 4) is 16.9 Å². The van der Waals surface area contributed by atoms with Crippen LogP contribution in [0, 0.1) is 0 Å². The van der Waals surface area contributed by atoms with Crippen LogP contribution < -0.4 is 10.1 Å². The molecule has 3 aromatic rings. The van der Waals surface area contributed by atoms with Gasteiger partial charge in [-0.15, -0.1) is 0 Å². The summed E-state index contributed by atoms with van der Waals surface area (Å²) in [4.78, 5) is 36.1. The van der Waals surface area contributed by atoms with Gasteiger partial charge in [-0.05, 0) is 45.0 Å². The number of fused-ring (bicyclic) bond motifs is 1. The fourth-order valence-corrected chi connectivity index (χ4v) is 3.91. The Kier molecular flexibility index (Phi) is 6.74. The summed E-state index contributed by atoms with van der Waals surface area (Å²) in [5, 5.41) is 3.96. The van der Waals surface area contributed by atoms with E-state index in [0.29, 0.717) is 37.6 Å². The number of benzene rings is 1. The van der Waals surface area contributed by atoms with Gasteiger partial charge >= 0.3 is 6.09 Å². The number of methoxy groups -OCH3 is 1. The summed E-state index contributed by atoms with van der Waals surface area (Å²) in [6, 6.07) is 9.61. The molecule has 4 rings (SSSR count). The molecule has 2 N–H and O–H groups in total. The van der Waals surface area contributed by atoms with Gasteiger partial charge in [0.05, 0.1) is 13.7 Å². The molecule has 9 heteroatoms. The summed E-state index contributed by atoms with van der Waals surface area (Å²) in [6.45, 7) is 8.10. The van der Waals surface area contributed by atoms with Crippen LogP contribution in [0.4, 0.5) is 10.5 Å². The van der Waals surface area contributed by atoms with E-state index in [4.69, 9.17) is 9.47 Å². The predicted molar refractivity (Wildman–Crippen MR) is 131 cm³/mol. The number of amides is 2. The molecule has 0 spiro atoms. The number of H-pyrrole nitrogens is 1. The van der Waals surface area contributed by atoms with Crippen LogP contribution in [0.5, 0.6) is 5.75 Å². The second-order valence-electron chi connectivity index (χ2n) is 9.35. The lowest BCUT2D eigenvalue weighted by Gasteiger charge is -2.35.